The number of hydrazone groups is 1. The molecule has 146 valence electrons. The van der Waals surface area contributed by atoms with Crippen molar-refractivity contribution in [1.29, 1.82) is 0 Å². The highest BCUT2D eigenvalue weighted by Crippen LogP contribution is 2.33. The summed E-state index contributed by atoms with van der Waals surface area (Å²) in [5, 5.41) is 7.87. The Morgan fingerprint density at radius 1 is 1.07 bits per heavy atom. The van der Waals surface area contributed by atoms with Gasteiger partial charge in [-0.25, -0.2) is 9.48 Å². The van der Waals surface area contributed by atoms with Crippen molar-refractivity contribution in [3.63, 3.8) is 0 Å². The SMILES string of the molecule is Cc1c(/C=N\N2C(=O)NC3(CCCCC3)C2=O)n(C)n(-c2ccccc2)c1=O. The number of carbonyl (C=O) groups excluding carboxylic acids is 2. The first-order chi connectivity index (χ1) is 13.4. The Hall–Kier alpha value is -3.16. The molecule has 1 aromatic carbocycles. The lowest BCUT2D eigenvalue weighted by atomic mass is 9.82. The summed E-state index contributed by atoms with van der Waals surface area (Å²) in [7, 11) is 1.75. The molecular formula is C20H23N5O3. The summed E-state index contributed by atoms with van der Waals surface area (Å²) < 4.78 is 3.20. The number of amides is 3. The molecule has 28 heavy (non-hydrogen) atoms. The predicted octanol–water partition coefficient (Wildman–Crippen LogP) is 2.07. The fraction of sp³-hybridized carbons (Fsp3) is 0.400. The minimum absolute atomic E-state index is 0.170. The lowest BCUT2D eigenvalue weighted by molar-refractivity contribution is -0.132. The van der Waals surface area contributed by atoms with Crippen molar-refractivity contribution in [2.45, 2.75) is 44.6 Å². The number of urea groups is 1. The van der Waals surface area contributed by atoms with E-state index in [9.17, 15) is 14.4 Å². The van der Waals surface area contributed by atoms with Crippen LogP contribution in [-0.2, 0) is 11.8 Å². The van der Waals surface area contributed by atoms with Crippen LogP contribution in [0, 0.1) is 6.92 Å². The van der Waals surface area contributed by atoms with Gasteiger partial charge in [-0.2, -0.15) is 5.10 Å². The van der Waals surface area contributed by atoms with Gasteiger partial charge in [-0.15, -0.1) is 5.01 Å². The number of rotatable bonds is 3. The van der Waals surface area contributed by atoms with E-state index in [0.717, 1.165) is 30.0 Å². The fourth-order valence-corrected chi connectivity index (χ4v) is 4.11. The molecule has 1 aliphatic carbocycles. The first-order valence-corrected chi connectivity index (χ1v) is 9.49. The molecule has 2 fully saturated rings. The maximum Gasteiger partial charge on any atom is 0.346 e. The van der Waals surface area contributed by atoms with E-state index in [-0.39, 0.29) is 11.5 Å². The molecule has 0 radical (unpaired) electrons. The molecule has 2 aliphatic rings. The second-order valence-electron chi connectivity index (χ2n) is 7.42. The van der Waals surface area contributed by atoms with Crippen LogP contribution in [0.15, 0.2) is 40.2 Å². The number of nitrogens with zero attached hydrogens (tertiary/aromatic N) is 4. The van der Waals surface area contributed by atoms with Crippen molar-refractivity contribution >= 4 is 18.2 Å². The summed E-state index contributed by atoms with van der Waals surface area (Å²) in [4.78, 5) is 37.9. The number of benzene rings is 1. The Kier molecular flexibility index (Phi) is 4.41. The van der Waals surface area contributed by atoms with Crippen molar-refractivity contribution in [1.82, 2.24) is 19.7 Å². The number of hydrogen-bond acceptors (Lipinski definition) is 4. The summed E-state index contributed by atoms with van der Waals surface area (Å²) >= 11 is 0. The van der Waals surface area contributed by atoms with Gasteiger partial charge in [0.25, 0.3) is 11.5 Å². The van der Waals surface area contributed by atoms with E-state index >= 15 is 0 Å². The molecule has 0 unspecified atom stereocenters. The highest BCUT2D eigenvalue weighted by Gasteiger charge is 2.51. The molecular weight excluding hydrogens is 358 g/mol. The summed E-state index contributed by atoms with van der Waals surface area (Å²) in [6.45, 7) is 1.71. The van der Waals surface area contributed by atoms with Gasteiger partial charge in [-0.05, 0) is 31.9 Å². The van der Waals surface area contributed by atoms with Crippen LogP contribution in [0.25, 0.3) is 5.69 Å². The zero-order valence-electron chi connectivity index (χ0n) is 16.0. The van der Waals surface area contributed by atoms with E-state index in [0.29, 0.717) is 24.1 Å². The Balaban J connectivity index is 1.67. The Morgan fingerprint density at radius 2 is 1.75 bits per heavy atom. The molecule has 1 aromatic heterocycles. The Labute approximate surface area is 162 Å². The van der Waals surface area contributed by atoms with Crippen molar-refractivity contribution in [3.8, 4) is 5.69 Å². The van der Waals surface area contributed by atoms with Crippen LogP contribution in [0.5, 0.6) is 0 Å². The molecule has 0 atom stereocenters. The fourth-order valence-electron chi connectivity index (χ4n) is 4.11. The van der Waals surface area contributed by atoms with Crippen LogP contribution < -0.4 is 10.9 Å². The lowest BCUT2D eigenvalue weighted by Crippen LogP contribution is -2.48. The topological polar surface area (TPSA) is 88.7 Å². The molecule has 1 N–H and O–H groups in total. The molecule has 1 saturated heterocycles. The van der Waals surface area contributed by atoms with Crippen LogP contribution in [0.4, 0.5) is 4.79 Å². The van der Waals surface area contributed by atoms with Gasteiger partial charge in [0, 0.05) is 12.6 Å². The van der Waals surface area contributed by atoms with Gasteiger partial charge in [-0.1, -0.05) is 37.5 Å². The van der Waals surface area contributed by atoms with E-state index in [1.807, 2.05) is 30.3 Å². The van der Waals surface area contributed by atoms with Crippen LogP contribution in [-0.4, -0.2) is 38.1 Å². The van der Waals surface area contributed by atoms with Gasteiger partial charge in [0.1, 0.15) is 5.54 Å². The number of aromatic nitrogens is 2. The number of hydrogen-bond donors (Lipinski definition) is 1. The lowest BCUT2D eigenvalue weighted by Gasteiger charge is -2.29. The smallest absolute Gasteiger partial charge is 0.321 e. The van der Waals surface area contributed by atoms with Crippen molar-refractivity contribution in [2.75, 3.05) is 0 Å². The molecule has 1 saturated carbocycles. The van der Waals surface area contributed by atoms with Gasteiger partial charge in [0.15, 0.2) is 0 Å². The van der Waals surface area contributed by atoms with Crippen molar-refractivity contribution in [3.05, 3.63) is 51.9 Å². The average Bonchev–Trinajstić information content (AvgIpc) is 3.05. The van der Waals surface area contributed by atoms with Crippen LogP contribution in [0.2, 0.25) is 0 Å². The van der Waals surface area contributed by atoms with Gasteiger partial charge >= 0.3 is 6.03 Å². The van der Waals surface area contributed by atoms with Crippen LogP contribution in [0.1, 0.15) is 43.4 Å². The second-order valence-corrected chi connectivity index (χ2v) is 7.42. The van der Waals surface area contributed by atoms with Crippen molar-refractivity contribution in [2.24, 2.45) is 12.1 Å². The maximum absolute atomic E-state index is 12.8. The molecule has 1 spiro atoms. The largest absolute Gasteiger partial charge is 0.346 e. The van der Waals surface area contributed by atoms with Crippen LogP contribution in [0.3, 0.4) is 0 Å². The zero-order chi connectivity index (χ0) is 19.9. The standard InChI is InChI=1S/C20H23N5O3/c1-14-16(23(2)25(17(14)26)15-9-5-3-6-10-15)13-21-24-18(27)20(22-19(24)28)11-7-4-8-12-20/h3,5-6,9-10,13H,4,7-8,11-12H2,1-2H3,(H,22,28)/b21-13-. The number of para-hydroxylation sites is 1. The quantitative estimate of drug-likeness (QED) is 0.652. The third-order valence-electron chi connectivity index (χ3n) is 5.69. The molecule has 8 nitrogen and oxygen atoms in total. The predicted molar refractivity (Wildman–Crippen MR) is 105 cm³/mol. The molecule has 1 aliphatic heterocycles. The van der Waals surface area contributed by atoms with Gasteiger partial charge < -0.3 is 5.32 Å². The summed E-state index contributed by atoms with van der Waals surface area (Å²) in [6.07, 6.45) is 5.60. The van der Waals surface area contributed by atoms with E-state index in [1.54, 1.807) is 18.7 Å². The number of carbonyl (C=O) groups is 2. The first kappa shape index (κ1) is 18.2. The minimum atomic E-state index is -0.816. The van der Waals surface area contributed by atoms with Crippen LogP contribution >= 0.6 is 0 Å². The number of imide groups is 1. The van der Waals surface area contributed by atoms with Gasteiger partial charge in [0.05, 0.1) is 17.6 Å². The highest BCUT2D eigenvalue weighted by atomic mass is 16.2. The first-order valence-electron chi connectivity index (χ1n) is 9.49. The summed E-state index contributed by atoms with van der Waals surface area (Å²) in [5.41, 5.74) is 0.780. The number of nitrogens with one attached hydrogen (secondary N) is 1. The monoisotopic (exact) mass is 381 g/mol. The molecule has 2 aromatic rings. The third kappa shape index (κ3) is 2.76. The van der Waals surface area contributed by atoms with Crippen molar-refractivity contribution < 1.29 is 9.59 Å². The molecule has 3 amide bonds. The van der Waals surface area contributed by atoms with Gasteiger partial charge in [0.2, 0.25) is 0 Å². The third-order valence-corrected chi connectivity index (χ3v) is 5.69. The minimum Gasteiger partial charge on any atom is -0.321 e. The molecule has 2 heterocycles. The average molecular weight is 381 g/mol. The zero-order valence-corrected chi connectivity index (χ0v) is 16.0. The Bertz CT molecular complexity index is 1010. The second kappa shape index (κ2) is 6.78. The van der Waals surface area contributed by atoms with E-state index < -0.39 is 11.6 Å². The summed E-state index contributed by atoms with van der Waals surface area (Å²) in [5.74, 6) is -0.307. The van der Waals surface area contributed by atoms with E-state index in [1.165, 1.54) is 10.9 Å². The highest BCUT2D eigenvalue weighted by molar-refractivity contribution is 6.07. The summed E-state index contributed by atoms with van der Waals surface area (Å²) in [6, 6.07) is 8.76. The van der Waals surface area contributed by atoms with Gasteiger partial charge in [-0.3, -0.25) is 14.3 Å². The maximum atomic E-state index is 12.8. The molecule has 8 heteroatoms. The van der Waals surface area contributed by atoms with E-state index in [4.69, 9.17) is 0 Å². The Morgan fingerprint density at radius 3 is 2.43 bits per heavy atom. The normalized spacial score (nSPS) is 19.0. The molecule has 0 bridgehead atoms. The molecule has 4 rings (SSSR count). The van der Waals surface area contributed by atoms with E-state index in [2.05, 4.69) is 10.4 Å².